The van der Waals surface area contributed by atoms with E-state index in [1.165, 1.54) is 11.3 Å². The average molecular weight is 299 g/mol. The molecule has 0 fully saturated rings. The maximum atomic E-state index is 11.9. The van der Waals surface area contributed by atoms with Gasteiger partial charge < -0.3 is 11.1 Å². The van der Waals surface area contributed by atoms with Crippen LogP contribution in [0, 0.1) is 0 Å². The molecule has 3 N–H and O–H groups in total. The number of anilines is 1. The van der Waals surface area contributed by atoms with E-state index in [4.69, 9.17) is 5.73 Å². The fraction of sp³-hybridized carbons (Fsp3) is 0.273. The first-order valence-corrected chi connectivity index (χ1v) is 8.35. The van der Waals surface area contributed by atoms with Crippen molar-refractivity contribution in [3.05, 3.63) is 23.2 Å². The molecular formula is C11H13N3O3S2. The predicted octanol–water partition coefficient (Wildman–Crippen LogP) is 0.653. The molecule has 19 heavy (non-hydrogen) atoms. The van der Waals surface area contributed by atoms with E-state index >= 15 is 0 Å². The van der Waals surface area contributed by atoms with Gasteiger partial charge in [0.2, 0.25) is 0 Å². The van der Waals surface area contributed by atoms with Crippen LogP contribution in [-0.2, 0) is 9.84 Å². The Bertz CT molecular complexity index is 722. The van der Waals surface area contributed by atoms with Crippen molar-refractivity contribution in [2.75, 3.05) is 24.3 Å². The van der Waals surface area contributed by atoms with Crippen molar-refractivity contribution in [1.29, 1.82) is 0 Å². The molecule has 0 aromatic carbocycles. The summed E-state index contributed by atoms with van der Waals surface area (Å²) in [7, 11) is -3.09. The summed E-state index contributed by atoms with van der Waals surface area (Å²) in [5, 5.41) is 3.28. The van der Waals surface area contributed by atoms with Crippen LogP contribution < -0.4 is 11.1 Å². The number of nitrogen functional groups attached to an aromatic ring is 1. The number of pyridine rings is 1. The van der Waals surface area contributed by atoms with Crippen LogP contribution in [0.15, 0.2) is 18.3 Å². The molecule has 2 heterocycles. The first kappa shape index (κ1) is 13.8. The van der Waals surface area contributed by atoms with Crippen molar-refractivity contribution in [2.45, 2.75) is 0 Å². The third-order valence-corrected chi connectivity index (χ3v) is 4.54. The number of nitrogens with two attached hydrogens (primary N) is 1. The molecule has 2 aromatic heterocycles. The molecule has 2 aromatic rings. The zero-order valence-corrected chi connectivity index (χ0v) is 11.8. The second-order valence-corrected chi connectivity index (χ2v) is 7.35. The fourth-order valence-electron chi connectivity index (χ4n) is 1.55. The van der Waals surface area contributed by atoms with Crippen LogP contribution in [0.2, 0.25) is 0 Å². The number of sulfone groups is 1. The number of nitrogens with one attached hydrogen (secondary N) is 1. The quantitative estimate of drug-likeness (QED) is 0.863. The standard InChI is InChI=1S/C11H13N3O3S2/c1-19(16,17)6-5-13-10(15)9-8(12)7-3-2-4-14-11(7)18-9/h2-4H,5-6,12H2,1H3,(H,13,15). The molecule has 0 aliphatic carbocycles. The summed E-state index contributed by atoms with van der Waals surface area (Å²) in [6, 6.07) is 3.54. The van der Waals surface area contributed by atoms with Gasteiger partial charge in [0.25, 0.3) is 5.91 Å². The summed E-state index contributed by atoms with van der Waals surface area (Å²) in [6.45, 7) is 0.0682. The summed E-state index contributed by atoms with van der Waals surface area (Å²) in [6.07, 6.45) is 2.75. The average Bonchev–Trinajstić information content (AvgIpc) is 2.66. The van der Waals surface area contributed by atoms with Gasteiger partial charge in [-0.3, -0.25) is 4.79 Å². The Balaban J connectivity index is 2.16. The van der Waals surface area contributed by atoms with Crippen molar-refractivity contribution in [3.8, 4) is 0 Å². The number of aromatic nitrogens is 1. The molecule has 0 saturated heterocycles. The van der Waals surface area contributed by atoms with Gasteiger partial charge in [0.1, 0.15) is 19.5 Å². The number of carbonyl (C=O) groups excluding carboxylic acids is 1. The zero-order valence-electron chi connectivity index (χ0n) is 10.2. The van der Waals surface area contributed by atoms with E-state index in [1.807, 2.05) is 0 Å². The monoisotopic (exact) mass is 299 g/mol. The Morgan fingerprint density at radius 2 is 2.26 bits per heavy atom. The lowest BCUT2D eigenvalue weighted by Crippen LogP contribution is -2.28. The summed E-state index contributed by atoms with van der Waals surface area (Å²) in [5.41, 5.74) is 6.27. The second-order valence-electron chi connectivity index (χ2n) is 4.09. The molecule has 8 heteroatoms. The SMILES string of the molecule is CS(=O)(=O)CCNC(=O)c1sc2ncccc2c1N. The first-order valence-electron chi connectivity index (χ1n) is 5.47. The predicted molar refractivity (Wildman–Crippen MR) is 76.1 cm³/mol. The van der Waals surface area contributed by atoms with Gasteiger partial charge in [-0.1, -0.05) is 0 Å². The van der Waals surface area contributed by atoms with Gasteiger partial charge in [-0.2, -0.15) is 0 Å². The summed E-state index contributed by atoms with van der Waals surface area (Å²) in [5.74, 6) is -0.467. The molecule has 0 spiro atoms. The normalized spacial score (nSPS) is 11.6. The van der Waals surface area contributed by atoms with E-state index in [1.54, 1.807) is 18.3 Å². The van der Waals surface area contributed by atoms with Crippen molar-refractivity contribution in [1.82, 2.24) is 10.3 Å². The lowest BCUT2D eigenvalue weighted by molar-refractivity contribution is 0.0961. The van der Waals surface area contributed by atoms with E-state index < -0.39 is 9.84 Å². The van der Waals surface area contributed by atoms with Crippen molar-refractivity contribution < 1.29 is 13.2 Å². The van der Waals surface area contributed by atoms with Crippen LogP contribution in [0.3, 0.4) is 0 Å². The number of hydrogen-bond acceptors (Lipinski definition) is 6. The van der Waals surface area contributed by atoms with Gasteiger partial charge in [-0.15, -0.1) is 11.3 Å². The maximum absolute atomic E-state index is 11.9. The molecule has 0 atom stereocenters. The number of hydrogen-bond donors (Lipinski definition) is 2. The highest BCUT2D eigenvalue weighted by molar-refractivity contribution is 7.90. The van der Waals surface area contributed by atoms with Crippen LogP contribution in [0.4, 0.5) is 5.69 Å². The highest BCUT2D eigenvalue weighted by Gasteiger charge is 2.16. The third kappa shape index (κ3) is 3.21. The zero-order chi connectivity index (χ0) is 14.0. The largest absolute Gasteiger partial charge is 0.397 e. The number of nitrogens with zero attached hydrogens (tertiary/aromatic N) is 1. The smallest absolute Gasteiger partial charge is 0.263 e. The van der Waals surface area contributed by atoms with Gasteiger partial charge in [-0.25, -0.2) is 13.4 Å². The summed E-state index contributed by atoms with van der Waals surface area (Å²) >= 11 is 1.19. The lowest BCUT2D eigenvalue weighted by atomic mass is 10.2. The van der Waals surface area contributed by atoms with Crippen LogP contribution in [-0.4, -0.2) is 37.9 Å². The van der Waals surface area contributed by atoms with E-state index in [9.17, 15) is 13.2 Å². The highest BCUT2D eigenvalue weighted by atomic mass is 32.2. The van der Waals surface area contributed by atoms with Gasteiger partial charge in [0.05, 0.1) is 11.4 Å². The summed E-state index contributed by atoms with van der Waals surface area (Å²) in [4.78, 5) is 17.1. The number of rotatable bonds is 4. The minimum Gasteiger partial charge on any atom is -0.397 e. The number of carbonyl (C=O) groups is 1. The molecule has 0 unspecified atom stereocenters. The van der Waals surface area contributed by atoms with E-state index in [-0.39, 0.29) is 18.2 Å². The maximum Gasteiger partial charge on any atom is 0.263 e. The second kappa shape index (κ2) is 5.14. The molecule has 0 saturated carbocycles. The molecule has 2 rings (SSSR count). The third-order valence-electron chi connectivity index (χ3n) is 2.47. The molecule has 0 aliphatic heterocycles. The first-order chi connectivity index (χ1) is 8.88. The summed E-state index contributed by atoms with van der Waals surface area (Å²) < 4.78 is 21.9. The Labute approximate surface area is 114 Å². The van der Waals surface area contributed by atoms with Gasteiger partial charge >= 0.3 is 0 Å². The van der Waals surface area contributed by atoms with Crippen LogP contribution >= 0.6 is 11.3 Å². The highest BCUT2D eigenvalue weighted by Crippen LogP contribution is 2.31. The van der Waals surface area contributed by atoms with E-state index in [0.29, 0.717) is 15.4 Å². The topological polar surface area (TPSA) is 102 Å². The molecular weight excluding hydrogens is 286 g/mol. The van der Waals surface area contributed by atoms with Gasteiger partial charge in [0, 0.05) is 24.4 Å². The number of amides is 1. The Hall–Kier alpha value is -1.67. The molecule has 6 nitrogen and oxygen atoms in total. The Kier molecular flexibility index (Phi) is 3.72. The van der Waals surface area contributed by atoms with Crippen LogP contribution in [0.5, 0.6) is 0 Å². The Morgan fingerprint density at radius 3 is 2.89 bits per heavy atom. The molecule has 0 radical (unpaired) electrons. The van der Waals surface area contributed by atoms with Crippen molar-refractivity contribution in [2.24, 2.45) is 0 Å². The van der Waals surface area contributed by atoms with Crippen LogP contribution in [0.1, 0.15) is 9.67 Å². The minimum absolute atomic E-state index is 0.0682. The number of thiophene rings is 1. The van der Waals surface area contributed by atoms with Gasteiger partial charge in [-0.05, 0) is 12.1 Å². The molecule has 1 amide bonds. The molecule has 0 bridgehead atoms. The van der Waals surface area contributed by atoms with Crippen molar-refractivity contribution in [3.63, 3.8) is 0 Å². The molecule has 102 valence electrons. The number of fused-ring (bicyclic) bond motifs is 1. The Morgan fingerprint density at radius 1 is 1.53 bits per heavy atom. The van der Waals surface area contributed by atoms with E-state index in [0.717, 1.165) is 11.6 Å². The minimum atomic E-state index is -3.09. The van der Waals surface area contributed by atoms with E-state index in [2.05, 4.69) is 10.3 Å². The van der Waals surface area contributed by atoms with Gasteiger partial charge in [0.15, 0.2) is 0 Å². The fourth-order valence-corrected chi connectivity index (χ4v) is 3.00. The van der Waals surface area contributed by atoms with Crippen molar-refractivity contribution >= 4 is 43.0 Å². The molecule has 0 aliphatic rings. The van der Waals surface area contributed by atoms with Crippen LogP contribution in [0.25, 0.3) is 10.2 Å². The lowest BCUT2D eigenvalue weighted by Gasteiger charge is -2.03.